The Morgan fingerprint density at radius 2 is 1.92 bits per heavy atom. The number of aromatic nitrogens is 4. The van der Waals surface area contributed by atoms with Crippen LogP contribution in [0.25, 0.3) is 5.95 Å². The van der Waals surface area contributed by atoms with E-state index in [1.54, 1.807) is 17.8 Å². The zero-order chi connectivity index (χ0) is 17.8. The SMILES string of the molecule is CCOC(=O)c1cnc(-n2cc(C)cn2)nc1Nc1ccc(C)cc1. The molecular weight excluding hydrogens is 318 g/mol. The van der Waals surface area contributed by atoms with Gasteiger partial charge in [0.1, 0.15) is 5.56 Å². The van der Waals surface area contributed by atoms with Crippen LogP contribution in [0.4, 0.5) is 11.5 Å². The molecular formula is C18H19N5O2. The van der Waals surface area contributed by atoms with Crippen molar-refractivity contribution >= 4 is 17.5 Å². The van der Waals surface area contributed by atoms with Crippen molar-refractivity contribution in [1.82, 2.24) is 19.7 Å². The molecule has 0 unspecified atom stereocenters. The topological polar surface area (TPSA) is 81.9 Å². The molecule has 128 valence electrons. The average Bonchev–Trinajstić information content (AvgIpc) is 3.03. The van der Waals surface area contributed by atoms with Crippen molar-refractivity contribution in [3.63, 3.8) is 0 Å². The fraction of sp³-hybridized carbons (Fsp3) is 0.222. The van der Waals surface area contributed by atoms with E-state index in [1.807, 2.05) is 44.3 Å². The second kappa shape index (κ2) is 7.12. The van der Waals surface area contributed by atoms with E-state index in [0.717, 1.165) is 16.8 Å². The van der Waals surface area contributed by atoms with Crippen LogP contribution in [0.1, 0.15) is 28.4 Å². The summed E-state index contributed by atoms with van der Waals surface area (Å²) in [5, 5.41) is 7.37. The van der Waals surface area contributed by atoms with Gasteiger partial charge in [-0.1, -0.05) is 17.7 Å². The fourth-order valence-electron chi connectivity index (χ4n) is 2.23. The standard InChI is InChI=1S/C18H19N5O2/c1-4-25-17(24)15-10-19-18(23-11-13(3)9-20-23)22-16(15)21-14-7-5-12(2)6-8-14/h5-11H,4H2,1-3H3,(H,19,21,22). The first-order valence-corrected chi connectivity index (χ1v) is 7.96. The van der Waals surface area contributed by atoms with Gasteiger partial charge in [0, 0.05) is 18.1 Å². The molecule has 0 spiro atoms. The zero-order valence-electron chi connectivity index (χ0n) is 14.4. The smallest absolute Gasteiger partial charge is 0.343 e. The molecule has 0 aliphatic carbocycles. The molecule has 1 N–H and O–H groups in total. The molecule has 3 aromatic rings. The predicted molar refractivity (Wildman–Crippen MR) is 94.3 cm³/mol. The highest BCUT2D eigenvalue weighted by Crippen LogP contribution is 2.21. The quantitative estimate of drug-likeness (QED) is 0.720. The van der Waals surface area contributed by atoms with Crippen LogP contribution in [-0.2, 0) is 4.74 Å². The number of nitrogens with zero attached hydrogens (tertiary/aromatic N) is 4. The second-order valence-electron chi connectivity index (χ2n) is 5.61. The molecule has 0 radical (unpaired) electrons. The number of ether oxygens (including phenoxy) is 1. The van der Waals surface area contributed by atoms with Crippen molar-refractivity contribution in [2.45, 2.75) is 20.8 Å². The number of esters is 1. The van der Waals surface area contributed by atoms with Gasteiger partial charge in [-0.05, 0) is 38.5 Å². The van der Waals surface area contributed by atoms with Crippen molar-refractivity contribution in [2.75, 3.05) is 11.9 Å². The predicted octanol–water partition coefficient (Wildman–Crippen LogP) is 3.20. The summed E-state index contributed by atoms with van der Waals surface area (Å²) in [6.45, 7) is 5.98. The van der Waals surface area contributed by atoms with Crippen LogP contribution in [-0.4, -0.2) is 32.3 Å². The number of hydrogen-bond donors (Lipinski definition) is 1. The van der Waals surface area contributed by atoms with Crippen LogP contribution in [0.5, 0.6) is 0 Å². The molecule has 0 saturated heterocycles. The van der Waals surface area contributed by atoms with Crippen LogP contribution in [0.15, 0.2) is 42.9 Å². The lowest BCUT2D eigenvalue weighted by molar-refractivity contribution is 0.0526. The Kier molecular flexibility index (Phi) is 4.74. The van der Waals surface area contributed by atoms with Crippen LogP contribution in [0.2, 0.25) is 0 Å². The summed E-state index contributed by atoms with van der Waals surface area (Å²) >= 11 is 0. The number of rotatable bonds is 5. The molecule has 0 saturated carbocycles. The number of aryl methyl sites for hydroxylation is 2. The van der Waals surface area contributed by atoms with Gasteiger partial charge in [0.25, 0.3) is 5.95 Å². The third-order valence-electron chi connectivity index (χ3n) is 3.50. The van der Waals surface area contributed by atoms with Crippen molar-refractivity contribution in [3.8, 4) is 5.95 Å². The van der Waals surface area contributed by atoms with Crippen molar-refractivity contribution < 1.29 is 9.53 Å². The summed E-state index contributed by atoms with van der Waals surface area (Å²) in [7, 11) is 0. The fourth-order valence-corrected chi connectivity index (χ4v) is 2.23. The monoisotopic (exact) mass is 337 g/mol. The van der Waals surface area contributed by atoms with E-state index >= 15 is 0 Å². The Hall–Kier alpha value is -3.22. The van der Waals surface area contributed by atoms with Gasteiger partial charge in [-0.2, -0.15) is 10.1 Å². The van der Waals surface area contributed by atoms with E-state index in [0.29, 0.717) is 11.8 Å². The Bertz CT molecular complexity index is 887. The number of nitrogens with one attached hydrogen (secondary N) is 1. The lowest BCUT2D eigenvalue weighted by Crippen LogP contribution is -2.13. The van der Waals surface area contributed by atoms with Crippen LogP contribution >= 0.6 is 0 Å². The molecule has 0 aliphatic heterocycles. The summed E-state index contributed by atoms with van der Waals surface area (Å²) in [5.41, 5.74) is 3.23. The number of benzene rings is 1. The molecule has 3 rings (SSSR count). The minimum atomic E-state index is -0.472. The zero-order valence-corrected chi connectivity index (χ0v) is 14.4. The third-order valence-corrected chi connectivity index (χ3v) is 3.50. The van der Waals surface area contributed by atoms with Gasteiger partial charge in [-0.25, -0.2) is 14.5 Å². The molecule has 0 aliphatic rings. The number of carbonyl (C=O) groups excluding carboxylic acids is 1. The van der Waals surface area contributed by atoms with Crippen LogP contribution in [0.3, 0.4) is 0 Å². The average molecular weight is 337 g/mol. The summed E-state index contributed by atoms with van der Waals surface area (Å²) in [5.74, 6) is 0.275. The molecule has 7 heteroatoms. The molecule has 2 heterocycles. The maximum Gasteiger partial charge on any atom is 0.343 e. The van der Waals surface area contributed by atoms with E-state index in [1.165, 1.54) is 6.20 Å². The highest BCUT2D eigenvalue weighted by Gasteiger charge is 2.17. The molecule has 1 aromatic carbocycles. The lowest BCUT2D eigenvalue weighted by atomic mass is 10.2. The third kappa shape index (κ3) is 3.82. The highest BCUT2D eigenvalue weighted by molar-refractivity contribution is 5.95. The van der Waals surface area contributed by atoms with E-state index in [9.17, 15) is 4.79 Å². The molecule has 0 atom stereocenters. The number of hydrogen-bond acceptors (Lipinski definition) is 6. The molecule has 7 nitrogen and oxygen atoms in total. The van der Waals surface area contributed by atoms with Crippen molar-refractivity contribution in [3.05, 3.63) is 59.5 Å². The van der Waals surface area contributed by atoms with E-state index in [-0.39, 0.29) is 12.2 Å². The Morgan fingerprint density at radius 1 is 1.16 bits per heavy atom. The van der Waals surface area contributed by atoms with Gasteiger partial charge in [0.2, 0.25) is 0 Å². The number of carbonyl (C=O) groups is 1. The molecule has 0 fully saturated rings. The second-order valence-corrected chi connectivity index (χ2v) is 5.61. The Labute approximate surface area is 145 Å². The van der Waals surface area contributed by atoms with Gasteiger partial charge < -0.3 is 10.1 Å². The summed E-state index contributed by atoms with van der Waals surface area (Å²) in [4.78, 5) is 20.9. The lowest BCUT2D eigenvalue weighted by Gasteiger charge is -2.12. The maximum atomic E-state index is 12.2. The first-order valence-electron chi connectivity index (χ1n) is 7.96. The van der Waals surface area contributed by atoms with Gasteiger partial charge >= 0.3 is 5.97 Å². The highest BCUT2D eigenvalue weighted by atomic mass is 16.5. The summed E-state index contributed by atoms with van der Waals surface area (Å²) < 4.78 is 6.65. The van der Waals surface area contributed by atoms with Crippen molar-refractivity contribution in [1.29, 1.82) is 0 Å². The van der Waals surface area contributed by atoms with Gasteiger partial charge in [0.05, 0.1) is 12.8 Å². The Morgan fingerprint density at radius 3 is 2.56 bits per heavy atom. The molecule has 0 amide bonds. The first-order chi connectivity index (χ1) is 12.1. The number of anilines is 2. The minimum Gasteiger partial charge on any atom is -0.462 e. The minimum absolute atomic E-state index is 0.273. The van der Waals surface area contributed by atoms with Crippen LogP contribution in [0, 0.1) is 13.8 Å². The molecule has 0 bridgehead atoms. The molecule has 25 heavy (non-hydrogen) atoms. The van der Waals surface area contributed by atoms with Crippen LogP contribution < -0.4 is 5.32 Å². The van der Waals surface area contributed by atoms with Crippen molar-refractivity contribution in [2.24, 2.45) is 0 Å². The van der Waals surface area contributed by atoms with Gasteiger partial charge in [-0.15, -0.1) is 0 Å². The van der Waals surface area contributed by atoms with Gasteiger partial charge in [-0.3, -0.25) is 0 Å². The summed E-state index contributed by atoms with van der Waals surface area (Å²) in [6.07, 6.45) is 4.98. The largest absolute Gasteiger partial charge is 0.462 e. The Balaban J connectivity index is 2.00. The van der Waals surface area contributed by atoms with E-state index in [2.05, 4.69) is 20.4 Å². The first kappa shape index (κ1) is 16.6. The van der Waals surface area contributed by atoms with E-state index < -0.39 is 5.97 Å². The van der Waals surface area contributed by atoms with E-state index in [4.69, 9.17) is 4.74 Å². The van der Waals surface area contributed by atoms with Gasteiger partial charge in [0.15, 0.2) is 5.82 Å². The summed E-state index contributed by atoms with van der Waals surface area (Å²) in [6, 6.07) is 7.80. The normalized spacial score (nSPS) is 10.5. The molecule has 2 aromatic heterocycles. The maximum absolute atomic E-state index is 12.2.